The summed E-state index contributed by atoms with van der Waals surface area (Å²) in [7, 11) is 1.72. The van der Waals surface area contributed by atoms with E-state index in [2.05, 4.69) is 11.0 Å². The van der Waals surface area contributed by atoms with E-state index in [1.54, 1.807) is 7.11 Å². The summed E-state index contributed by atoms with van der Waals surface area (Å²) in [5, 5.41) is 0. The first kappa shape index (κ1) is 15.1. The number of piperidine rings is 1. The molecule has 3 heterocycles. The van der Waals surface area contributed by atoms with Gasteiger partial charge in [0.2, 0.25) is 0 Å². The van der Waals surface area contributed by atoms with Crippen molar-refractivity contribution in [3.63, 3.8) is 0 Å². The molecule has 0 unspecified atom stereocenters. The van der Waals surface area contributed by atoms with Crippen molar-refractivity contribution in [1.29, 1.82) is 0 Å². The molecule has 2 saturated heterocycles. The molecular formula is C18H25NO4. The fourth-order valence-corrected chi connectivity index (χ4v) is 3.69. The molecule has 126 valence electrons. The molecule has 0 aromatic heterocycles. The van der Waals surface area contributed by atoms with E-state index < -0.39 is 0 Å². The van der Waals surface area contributed by atoms with E-state index in [0.29, 0.717) is 13.2 Å². The molecule has 0 saturated carbocycles. The molecule has 1 aromatic carbocycles. The lowest BCUT2D eigenvalue weighted by molar-refractivity contribution is -0.173. The summed E-state index contributed by atoms with van der Waals surface area (Å²) in [6.45, 7) is 5.40. The van der Waals surface area contributed by atoms with E-state index in [1.807, 2.05) is 6.07 Å². The monoisotopic (exact) mass is 319 g/mol. The minimum Gasteiger partial charge on any atom is -0.496 e. The molecule has 3 aliphatic heterocycles. The Balaban J connectivity index is 1.48. The molecule has 0 amide bonds. The largest absolute Gasteiger partial charge is 0.496 e. The standard InChI is InChI=1S/C18H25NO4/c1-20-15-12-17-16(21-8-2-9-22-17)11-14(15)13-19-6-3-18(4-7-19)5-10-23-18/h11-12H,2-10,13H2,1H3. The Labute approximate surface area is 137 Å². The Morgan fingerprint density at radius 3 is 2.35 bits per heavy atom. The highest BCUT2D eigenvalue weighted by molar-refractivity contribution is 5.51. The molecule has 23 heavy (non-hydrogen) atoms. The Bertz CT molecular complexity index is 560. The Morgan fingerprint density at radius 1 is 1.04 bits per heavy atom. The molecule has 0 aliphatic carbocycles. The second kappa shape index (κ2) is 6.21. The van der Waals surface area contributed by atoms with E-state index in [-0.39, 0.29) is 5.60 Å². The van der Waals surface area contributed by atoms with Crippen molar-refractivity contribution in [3.05, 3.63) is 17.7 Å². The van der Waals surface area contributed by atoms with Crippen LogP contribution in [-0.2, 0) is 11.3 Å². The second-order valence-corrected chi connectivity index (χ2v) is 6.72. The average molecular weight is 319 g/mol. The molecule has 0 bridgehead atoms. The zero-order valence-electron chi connectivity index (χ0n) is 13.8. The van der Waals surface area contributed by atoms with Crippen molar-refractivity contribution in [2.75, 3.05) is 40.0 Å². The number of rotatable bonds is 3. The van der Waals surface area contributed by atoms with Crippen LogP contribution in [0, 0.1) is 0 Å². The highest BCUT2D eigenvalue weighted by Gasteiger charge is 2.41. The van der Waals surface area contributed by atoms with Crippen LogP contribution in [0.1, 0.15) is 31.2 Å². The summed E-state index contributed by atoms with van der Waals surface area (Å²) < 4.78 is 23.0. The number of fused-ring (bicyclic) bond motifs is 1. The van der Waals surface area contributed by atoms with E-state index in [1.165, 1.54) is 12.0 Å². The zero-order valence-corrected chi connectivity index (χ0v) is 13.8. The first-order valence-electron chi connectivity index (χ1n) is 8.61. The van der Waals surface area contributed by atoms with Gasteiger partial charge in [0.05, 0.1) is 32.5 Å². The minimum absolute atomic E-state index is 0.200. The predicted octanol–water partition coefficient (Wildman–Crippen LogP) is 2.61. The summed E-state index contributed by atoms with van der Waals surface area (Å²) in [5.74, 6) is 2.52. The third-order valence-electron chi connectivity index (χ3n) is 5.28. The number of hydrogen-bond donors (Lipinski definition) is 0. The van der Waals surface area contributed by atoms with Gasteiger partial charge in [-0.25, -0.2) is 0 Å². The average Bonchev–Trinajstić information content (AvgIpc) is 2.78. The van der Waals surface area contributed by atoms with Crippen LogP contribution in [0.3, 0.4) is 0 Å². The molecule has 3 aliphatic rings. The van der Waals surface area contributed by atoms with Gasteiger partial charge in [0.25, 0.3) is 0 Å². The molecule has 1 spiro atoms. The number of methoxy groups -OCH3 is 1. The van der Waals surface area contributed by atoms with Gasteiger partial charge >= 0.3 is 0 Å². The van der Waals surface area contributed by atoms with Crippen LogP contribution >= 0.6 is 0 Å². The maximum atomic E-state index is 5.82. The van der Waals surface area contributed by atoms with Crippen molar-refractivity contribution >= 4 is 0 Å². The van der Waals surface area contributed by atoms with Gasteiger partial charge in [0, 0.05) is 37.7 Å². The van der Waals surface area contributed by atoms with Crippen LogP contribution in [0.4, 0.5) is 0 Å². The van der Waals surface area contributed by atoms with E-state index in [0.717, 1.165) is 62.8 Å². The molecule has 5 nitrogen and oxygen atoms in total. The van der Waals surface area contributed by atoms with Gasteiger partial charge in [-0.1, -0.05) is 0 Å². The van der Waals surface area contributed by atoms with E-state index in [4.69, 9.17) is 18.9 Å². The molecule has 2 fully saturated rings. The van der Waals surface area contributed by atoms with Crippen LogP contribution < -0.4 is 14.2 Å². The summed E-state index contributed by atoms with van der Waals surface area (Å²) in [6, 6.07) is 4.06. The van der Waals surface area contributed by atoms with Gasteiger partial charge in [0.15, 0.2) is 11.5 Å². The highest BCUT2D eigenvalue weighted by Crippen LogP contribution is 2.39. The van der Waals surface area contributed by atoms with Gasteiger partial charge < -0.3 is 18.9 Å². The molecular weight excluding hydrogens is 294 g/mol. The normalized spacial score (nSPS) is 23.2. The van der Waals surface area contributed by atoms with Crippen LogP contribution in [0.25, 0.3) is 0 Å². The van der Waals surface area contributed by atoms with Crippen molar-refractivity contribution in [1.82, 2.24) is 4.90 Å². The Kier molecular flexibility index (Phi) is 4.07. The SMILES string of the molecule is COc1cc2c(cc1CN1CCC3(CCO3)CC1)OCCCO2. The summed E-state index contributed by atoms with van der Waals surface area (Å²) in [5.41, 5.74) is 1.37. The first-order chi connectivity index (χ1) is 11.3. The number of ether oxygens (including phenoxy) is 4. The maximum absolute atomic E-state index is 5.82. The van der Waals surface area contributed by atoms with Crippen LogP contribution in [0.15, 0.2) is 12.1 Å². The van der Waals surface area contributed by atoms with Gasteiger partial charge in [-0.15, -0.1) is 0 Å². The molecule has 5 heteroatoms. The Morgan fingerprint density at radius 2 is 1.74 bits per heavy atom. The van der Waals surface area contributed by atoms with Crippen LogP contribution in [0.5, 0.6) is 17.2 Å². The smallest absolute Gasteiger partial charge is 0.164 e. The molecule has 0 N–H and O–H groups in total. The molecule has 0 radical (unpaired) electrons. The molecule has 0 atom stereocenters. The first-order valence-corrected chi connectivity index (χ1v) is 8.61. The van der Waals surface area contributed by atoms with E-state index >= 15 is 0 Å². The minimum atomic E-state index is 0.200. The lowest BCUT2D eigenvalue weighted by Gasteiger charge is -2.47. The Hall–Kier alpha value is -1.46. The fourth-order valence-electron chi connectivity index (χ4n) is 3.69. The van der Waals surface area contributed by atoms with Crippen molar-refractivity contribution in [2.45, 2.75) is 37.8 Å². The quantitative estimate of drug-likeness (QED) is 0.856. The topological polar surface area (TPSA) is 40.2 Å². The van der Waals surface area contributed by atoms with Gasteiger partial charge in [-0.2, -0.15) is 0 Å². The predicted molar refractivity (Wildman–Crippen MR) is 86.4 cm³/mol. The number of benzene rings is 1. The summed E-state index contributed by atoms with van der Waals surface area (Å²) in [6.07, 6.45) is 4.43. The van der Waals surface area contributed by atoms with Gasteiger partial charge in [-0.05, 0) is 25.3 Å². The lowest BCUT2D eigenvalue weighted by Crippen LogP contribution is -2.52. The van der Waals surface area contributed by atoms with Crippen molar-refractivity contribution in [2.24, 2.45) is 0 Å². The van der Waals surface area contributed by atoms with Crippen molar-refractivity contribution in [3.8, 4) is 17.2 Å². The highest BCUT2D eigenvalue weighted by atomic mass is 16.5. The number of nitrogens with zero attached hydrogens (tertiary/aromatic N) is 1. The maximum Gasteiger partial charge on any atom is 0.164 e. The van der Waals surface area contributed by atoms with E-state index in [9.17, 15) is 0 Å². The van der Waals surface area contributed by atoms with Crippen molar-refractivity contribution < 1.29 is 18.9 Å². The zero-order chi connectivity index (χ0) is 15.7. The number of likely N-dealkylation sites (tertiary alicyclic amines) is 1. The summed E-state index contributed by atoms with van der Waals surface area (Å²) >= 11 is 0. The molecule has 4 rings (SSSR count). The lowest BCUT2D eigenvalue weighted by atomic mass is 9.84. The van der Waals surface area contributed by atoms with Gasteiger partial charge in [-0.3, -0.25) is 4.90 Å². The third-order valence-corrected chi connectivity index (χ3v) is 5.28. The molecule has 1 aromatic rings. The van der Waals surface area contributed by atoms with Gasteiger partial charge in [0.1, 0.15) is 5.75 Å². The number of hydrogen-bond acceptors (Lipinski definition) is 5. The second-order valence-electron chi connectivity index (χ2n) is 6.72. The fraction of sp³-hybridized carbons (Fsp3) is 0.667. The van der Waals surface area contributed by atoms with Crippen LogP contribution in [-0.4, -0.2) is 50.5 Å². The van der Waals surface area contributed by atoms with Crippen LogP contribution in [0.2, 0.25) is 0 Å². The summed E-state index contributed by atoms with van der Waals surface area (Å²) in [4.78, 5) is 2.48. The third kappa shape index (κ3) is 3.00.